The predicted octanol–water partition coefficient (Wildman–Crippen LogP) is 3.29. The molecule has 0 atom stereocenters. The van der Waals surface area contributed by atoms with Gasteiger partial charge in [-0.05, 0) is 47.7 Å². The van der Waals surface area contributed by atoms with Gasteiger partial charge in [0.2, 0.25) is 0 Å². The van der Waals surface area contributed by atoms with Crippen molar-refractivity contribution in [1.29, 1.82) is 0 Å². The molecular weight excluding hydrogens is 322 g/mol. The third-order valence-corrected chi connectivity index (χ3v) is 4.41. The molecule has 0 unspecified atom stereocenters. The average Bonchev–Trinajstić information content (AvgIpc) is 2.95. The largest absolute Gasteiger partial charge is 0.488 e. The zero-order valence-corrected chi connectivity index (χ0v) is 13.4. The number of thioether (sulfide) groups is 1. The minimum absolute atomic E-state index is 0.151. The predicted molar refractivity (Wildman–Crippen MR) is 95.1 cm³/mol. The van der Waals surface area contributed by atoms with Crippen LogP contribution in [0.5, 0.6) is 5.75 Å². The molecule has 0 spiro atoms. The molecule has 0 saturated carbocycles. The molecule has 5 nitrogen and oxygen atoms in total. The van der Waals surface area contributed by atoms with Crippen molar-refractivity contribution < 1.29 is 9.53 Å². The Balaban J connectivity index is 1.57. The summed E-state index contributed by atoms with van der Waals surface area (Å²) in [6.45, 7) is 0.448. The summed E-state index contributed by atoms with van der Waals surface area (Å²) >= 11 is 1.31. The van der Waals surface area contributed by atoms with Gasteiger partial charge in [0.1, 0.15) is 12.4 Å². The van der Waals surface area contributed by atoms with Gasteiger partial charge in [0.05, 0.1) is 16.8 Å². The number of pyridine rings is 1. The van der Waals surface area contributed by atoms with Crippen molar-refractivity contribution in [3.8, 4) is 5.75 Å². The number of aromatic nitrogens is 1. The lowest BCUT2D eigenvalue weighted by Crippen LogP contribution is -2.19. The highest BCUT2D eigenvalue weighted by atomic mass is 32.2. The Morgan fingerprint density at radius 2 is 2.17 bits per heavy atom. The highest BCUT2D eigenvalue weighted by Gasteiger charge is 2.24. The molecule has 1 aromatic heterocycles. The SMILES string of the molecule is O=C1NC(=Nc2cccnc2)S/C1=C/C1=Cc2ccccc2OC1. The van der Waals surface area contributed by atoms with Gasteiger partial charge in [-0.1, -0.05) is 18.2 Å². The number of hydrogen-bond donors (Lipinski definition) is 1. The number of nitrogens with zero attached hydrogens (tertiary/aromatic N) is 2. The molecule has 1 saturated heterocycles. The van der Waals surface area contributed by atoms with Crippen molar-refractivity contribution in [3.63, 3.8) is 0 Å². The van der Waals surface area contributed by atoms with Gasteiger partial charge >= 0.3 is 0 Å². The summed E-state index contributed by atoms with van der Waals surface area (Å²) in [6.07, 6.45) is 7.22. The standard InChI is InChI=1S/C18H13N3O2S/c22-17-16(24-18(21-17)20-14-5-3-7-19-10-14)9-12-8-13-4-1-2-6-15(13)23-11-12/h1-10H,11H2,(H,20,21,22)/b16-9+. The van der Waals surface area contributed by atoms with Gasteiger partial charge < -0.3 is 10.1 Å². The number of rotatable bonds is 2. The smallest absolute Gasteiger partial charge is 0.264 e. The summed E-state index contributed by atoms with van der Waals surface area (Å²) < 4.78 is 5.71. The summed E-state index contributed by atoms with van der Waals surface area (Å²) in [7, 11) is 0. The number of carbonyl (C=O) groups excluding carboxylic acids is 1. The van der Waals surface area contributed by atoms with E-state index < -0.39 is 0 Å². The first-order valence-corrected chi connectivity index (χ1v) is 8.21. The molecule has 2 aliphatic heterocycles. The van der Waals surface area contributed by atoms with Crippen LogP contribution < -0.4 is 10.1 Å². The van der Waals surface area contributed by atoms with Crippen LogP contribution in [0.2, 0.25) is 0 Å². The van der Waals surface area contributed by atoms with Gasteiger partial charge in [-0.2, -0.15) is 0 Å². The first-order chi connectivity index (χ1) is 11.8. The number of amidine groups is 1. The molecule has 118 valence electrons. The maximum atomic E-state index is 12.1. The van der Waals surface area contributed by atoms with E-state index in [1.807, 2.05) is 42.5 Å². The van der Waals surface area contributed by atoms with Gasteiger partial charge in [-0.15, -0.1) is 0 Å². The lowest BCUT2D eigenvalue weighted by atomic mass is 10.1. The third-order valence-electron chi connectivity index (χ3n) is 3.50. The fourth-order valence-corrected chi connectivity index (χ4v) is 3.26. The molecule has 4 rings (SSSR count). The number of benzene rings is 1. The van der Waals surface area contributed by atoms with Crippen molar-refractivity contribution in [1.82, 2.24) is 10.3 Å². The van der Waals surface area contributed by atoms with Crippen molar-refractivity contribution in [2.45, 2.75) is 0 Å². The van der Waals surface area contributed by atoms with Crippen LogP contribution >= 0.6 is 11.8 Å². The van der Waals surface area contributed by atoms with Gasteiger partial charge in [0.15, 0.2) is 5.17 Å². The molecule has 24 heavy (non-hydrogen) atoms. The Bertz CT molecular complexity index is 888. The fourth-order valence-electron chi connectivity index (χ4n) is 2.40. The number of aliphatic imine (C=N–C) groups is 1. The van der Waals surface area contributed by atoms with E-state index in [2.05, 4.69) is 15.3 Å². The molecule has 2 aliphatic rings. The number of hydrogen-bond acceptors (Lipinski definition) is 5. The second-order valence-corrected chi connectivity index (χ2v) is 6.27. The normalized spacial score (nSPS) is 19.7. The van der Waals surface area contributed by atoms with Crippen LogP contribution in [0.3, 0.4) is 0 Å². The Morgan fingerprint density at radius 3 is 3.04 bits per heavy atom. The lowest BCUT2D eigenvalue weighted by Gasteiger charge is -2.15. The number of fused-ring (bicyclic) bond motifs is 1. The number of amides is 1. The Morgan fingerprint density at radius 1 is 1.25 bits per heavy atom. The molecular formula is C18H13N3O2S. The number of para-hydroxylation sites is 1. The number of carbonyl (C=O) groups is 1. The van der Waals surface area contributed by atoms with Crippen LogP contribution in [0.25, 0.3) is 6.08 Å². The maximum Gasteiger partial charge on any atom is 0.264 e. The van der Waals surface area contributed by atoms with E-state index in [9.17, 15) is 4.79 Å². The quantitative estimate of drug-likeness (QED) is 0.856. The van der Waals surface area contributed by atoms with E-state index in [0.29, 0.717) is 22.4 Å². The second kappa shape index (κ2) is 6.33. The second-order valence-electron chi connectivity index (χ2n) is 5.24. The molecule has 0 radical (unpaired) electrons. The van der Waals surface area contributed by atoms with Crippen LogP contribution in [0, 0.1) is 0 Å². The molecule has 2 aromatic rings. The zero-order valence-electron chi connectivity index (χ0n) is 12.6. The topological polar surface area (TPSA) is 63.6 Å². The van der Waals surface area contributed by atoms with Crippen molar-refractivity contribution in [2.24, 2.45) is 4.99 Å². The molecule has 1 aromatic carbocycles. The zero-order chi connectivity index (χ0) is 16.4. The van der Waals surface area contributed by atoms with Gasteiger partial charge in [-0.25, -0.2) is 4.99 Å². The molecule has 1 fully saturated rings. The third kappa shape index (κ3) is 3.09. The highest BCUT2D eigenvalue weighted by molar-refractivity contribution is 8.18. The minimum Gasteiger partial charge on any atom is -0.488 e. The van der Waals surface area contributed by atoms with E-state index in [0.717, 1.165) is 16.9 Å². The van der Waals surface area contributed by atoms with E-state index in [4.69, 9.17) is 4.74 Å². The Kier molecular flexibility index (Phi) is 3.88. The van der Waals surface area contributed by atoms with Crippen molar-refractivity contribution >= 4 is 34.6 Å². The fraction of sp³-hybridized carbons (Fsp3) is 0.0556. The maximum absolute atomic E-state index is 12.1. The summed E-state index contributed by atoms with van der Waals surface area (Å²) in [5.74, 6) is 0.712. The average molecular weight is 335 g/mol. The number of ether oxygens (including phenoxy) is 1. The van der Waals surface area contributed by atoms with Gasteiger partial charge in [-0.3, -0.25) is 9.78 Å². The van der Waals surface area contributed by atoms with E-state index in [1.165, 1.54) is 11.8 Å². The van der Waals surface area contributed by atoms with E-state index in [-0.39, 0.29) is 5.91 Å². The van der Waals surface area contributed by atoms with E-state index >= 15 is 0 Å². The molecule has 6 heteroatoms. The highest BCUT2D eigenvalue weighted by Crippen LogP contribution is 2.30. The van der Waals surface area contributed by atoms with Crippen molar-refractivity contribution in [3.05, 3.63) is 70.9 Å². The van der Waals surface area contributed by atoms with Crippen LogP contribution in [0.15, 0.2) is 70.3 Å². The van der Waals surface area contributed by atoms with Crippen LogP contribution in [0.1, 0.15) is 5.56 Å². The summed E-state index contributed by atoms with van der Waals surface area (Å²) in [5.41, 5.74) is 2.67. The Labute approximate surface area is 143 Å². The van der Waals surface area contributed by atoms with Crippen LogP contribution in [-0.2, 0) is 4.79 Å². The minimum atomic E-state index is -0.151. The van der Waals surface area contributed by atoms with Crippen LogP contribution in [0.4, 0.5) is 5.69 Å². The summed E-state index contributed by atoms with van der Waals surface area (Å²) in [5, 5.41) is 3.32. The molecule has 0 bridgehead atoms. The molecule has 1 amide bonds. The molecule has 3 heterocycles. The number of nitrogens with one attached hydrogen (secondary N) is 1. The van der Waals surface area contributed by atoms with E-state index in [1.54, 1.807) is 18.5 Å². The lowest BCUT2D eigenvalue weighted by molar-refractivity contribution is -0.115. The summed E-state index contributed by atoms with van der Waals surface area (Å²) in [4.78, 5) is 21.1. The van der Waals surface area contributed by atoms with Crippen LogP contribution in [-0.4, -0.2) is 22.7 Å². The monoisotopic (exact) mass is 335 g/mol. The first kappa shape index (κ1) is 14.7. The Hall–Kier alpha value is -2.86. The van der Waals surface area contributed by atoms with Gasteiger partial charge in [0.25, 0.3) is 5.91 Å². The molecule has 1 N–H and O–H groups in total. The van der Waals surface area contributed by atoms with Gasteiger partial charge in [0, 0.05) is 11.8 Å². The first-order valence-electron chi connectivity index (χ1n) is 7.40. The summed E-state index contributed by atoms with van der Waals surface area (Å²) in [6, 6.07) is 11.5. The molecule has 0 aliphatic carbocycles. The van der Waals surface area contributed by atoms with Crippen molar-refractivity contribution in [2.75, 3.05) is 6.61 Å².